The zero-order chi connectivity index (χ0) is 18.7. The molecule has 1 aliphatic carbocycles. The molecule has 2 aliphatic heterocycles. The fourth-order valence-corrected chi connectivity index (χ4v) is 4.63. The summed E-state index contributed by atoms with van der Waals surface area (Å²) in [6.45, 7) is 14.3. The lowest BCUT2D eigenvalue weighted by molar-refractivity contribution is -0.541. The molecule has 0 unspecified atom stereocenters. The molecule has 1 aromatic rings. The van der Waals surface area contributed by atoms with Crippen LogP contribution in [0.3, 0.4) is 0 Å². The van der Waals surface area contributed by atoms with Gasteiger partial charge in [0.2, 0.25) is 0 Å². The molecule has 2 fully saturated rings. The van der Waals surface area contributed by atoms with E-state index in [9.17, 15) is 0 Å². The van der Waals surface area contributed by atoms with E-state index in [0.717, 1.165) is 59.0 Å². The van der Waals surface area contributed by atoms with Crippen LogP contribution in [0.1, 0.15) is 32.3 Å². The van der Waals surface area contributed by atoms with E-state index >= 15 is 0 Å². The molecule has 0 N–H and O–H groups in total. The minimum absolute atomic E-state index is 0. The first-order chi connectivity index (χ1) is 13.1. The molecule has 0 radical (unpaired) electrons. The van der Waals surface area contributed by atoms with Crippen molar-refractivity contribution in [2.75, 3.05) is 52.5 Å². The van der Waals surface area contributed by atoms with Gasteiger partial charge in [-0.2, -0.15) is 0 Å². The van der Waals surface area contributed by atoms with E-state index in [-0.39, 0.29) is 12.4 Å². The lowest BCUT2D eigenvalue weighted by Crippen LogP contribution is -3.00. The minimum atomic E-state index is 0. The number of allylic oxidation sites excluding steroid dienone is 2. The average molecular weight is 404 g/mol. The van der Waals surface area contributed by atoms with Crippen LogP contribution in [-0.2, 0) is 11.3 Å². The molecule has 3 aliphatic rings. The zero-order valence-corrected chi connectivity index (χ0v) is 18.1. The minimum Gasteiger partial charge on any atom is -1.00 e. The number of rotatable bonds is 3. The van der Waals surface area contributed by atoms with Gasteiger partial charge >= 0.3 is 0 Å². The summed E-state index contributed by atoms with van der Waals surface area (Å²) < 4.78 is 8.20. The first-order valence-electron chi connectivity index (χ1n) is 10.5. The van der Waals surface area contributed by atoms with Gasteiger partial charge in [0.15, 0.2) is 18.8 Å². The maximum absolute atomic E-state index is 5.55. The van der Waals surface area contributed by atoms with Crippen LogP contribution in [0.15, 0.2) is 42.1 Å². The van der Waals surface area contributed by atoms with Crippen molar-refractivity contribution in [1.29, 1.82) is 0 Å². The smallest absolute Gasteiger partial charge is 0.178 e. The van der Waals surface area contributed by atoms with Crippen LogP contribution in [0, 0.1) is 5.41 Å². The Bertz CT molecular complexity index is 698. The first kappa shape index (κ1) is 21.4. The summed E-state index contributed by atoms with van der Waals surface area (Å²) in [6.07, 6.45) is 4.88. The Hall–Kier alpha value is -1.36. The largest absolute Gasteiger partial charge is 1.00 e. The van der Waals surface area contributed by atoms with Crippen molar-refractivity contribution in [3.8, 4) is 0 Å². The summed E-state index contributed by atoms with van der Waals surface area (Å²) in [6, 6.07) is 10.9. The second kappa shape index (κ2) is 9.43. The summed E-state index contributed by atoms with van der Waals surface area (Å²) in [5.74, 6) is 0. The third kappa shape index (κ3) is 5.37. The summed E-state index contributed by atoms with van der Waals surface area (Å²) in [5.41, 5.74) is 4.84. The third-order valence-electron chi connectivity index (χ3n) is 6.10. The predicted octanol–water partition coefficient (Wildman–Crippen LogP) is -0.00420. The molecule has 0 atom stereocenters. The molecule has 0 bridgehead atoms. The molecule has 2 heterocycles. The Labute approximate surface area is 176 Å². The maximum Gasteiger partial charge on any atom is 0.178 e. The number of hydrogen-bond acceptors (Lipinski definition) is 3. The molecule has 2 saturated heterocycles. The average Bonchev–Trinajstić information content (AvgIpc) is 2.69. The number of hydrogen-bond donors (Lipinski definition) is 0. The van der Waals surface area contributed by atoms with E-state index in [4.69, 9.17) is 4.74 Å². The van der Waals surface area contributed by atoms with Crippen molar-refractivity contribution in [2.45, 2.75) is 33.2 Å². The third-order valence-corrected chi connectivity index (χ3v) is 6.10. The van der Waals surface area contributed by atoms with Gasteiger partial charge in [0.25, 0.3) is 0 Å². The number of ether oxygens (including phenoxy) is 1. The van der Waals surface area contributed by atoms with Crippen molar-refractivity contribution in [3.63, 3.8) is 0 Å². The molecule has 0 amide bonds. The molecule has 28 heavy (non-hydrogen) atoms. The van der Waals surface area contributed by atoms with E-state index < -0.39 is 0 Å². The highest BCUT2D eigenvalue weighted by atomic mass is 35.5. The van der Waals surface area contributed by atoms with Gasteiger partial charge in [-0.1, -0.05) is 44.2 Å². The van der Waals surface area contributed by atoms with Gasteiger partial charge in [0.05, 0.1) is 26.3 Å². The quantitative estimate of drug-likeness (QED) is 0.662. The van der Waals surface area contributed by atoms with Crippen molar-refractivity contribution < 1.29 is 21.7 Å². The number of halogens is 1. The van der Waals surface area contributed by atoms with Crippen molar-refractivity contribution in [3.05, 3.63) is 47.7 Å². The van der Waals surface area contributed by atoms with Crippen LogP contribution in [0.2, 0.25) is 0 Å². The van der Waals surface area contributed by atoms with Crippen molar-refractivity contribution in [1.82, 2.24) is 9.80 Å². The highest BCUT2D eigenvalue weighted by molar-refractivity contribution is 5.92. The molecule has 1 aromatic carbocycles. The SMILES string of the molecule is CC1(C)CC(N2CCOCC2)=CC(=[N+]2CCN(Cc3ccccc3)CC2)C1.[Cl-]. The lowest BCUT2D eigenvalue weighted by Gasteiger charge is -2.38. The standard InChI is InChI=1S/C23H34N3O.ClH/c1-23(2)17-21(16-22(18-23)26-12-14-27-15-13-26)25-10-8-24(9-11-25)19-20-6-4-3-5-7-20;/h3-7,16H,8-15,17-19H2,1-2H3;1H/q+1;/p-1. The molecule has 154 valence electrons. The van der Waals surface area contributed by atoms with Gasteiger partial charge in [-0.3, -0.25) is 4.90 Å². The van der Waals surface area contributed by atoms with E-state index in [1.54, 1.807) is 5.71 Å². The molecule has 0 spiro atoms. The van der Waals surface area contributed by atoms with Crippen LogP contribution in [0.4, 0.5) is 0 Å². The molecule has 0 aromatic heterocycles. The van der Waals surface area contributed by atoms with Gasteiger partial charge in [0.1, 0.15) is 0 Å². The van der Waals surface area contributed by atoms with E-state index in [1.165, 1.54) is 24.1 Å². The highest BCUT2D eigenvalue weighted by Crippen LogP contribution is 2.35. The van der Waals surface area contributed by atoms with Gasteiger partial charge in [-0.15, -0.1) is 0 Å². The number of morpholine rings is 1. The fourth-order valence-electron chi connectivity index (χ4n) is 4.63. The van der Waals surface area contributed by atoms with Crippen molar-refractivity contribution in [2.24, 2.45) is 5.41 Å². The number of nitrogens with zero attached hydrogens (tertiary/aromatic N) is 3. The fraction of sp³-hybridized carbons (Fsp3) is 0.609. The molecule has 4 nitrogen and oxygen atoms in total. The van der Waals surface area contributed by atoms with Crippen LogP contribution < -0.4 is 12.4 Å². The summed E-state index contributed by atoms with van der Waals surface area (Å²) in [5, 5.41) is 0. The van der Waals surface area contributed by atoms with Crippen LogP contribution in [0.25, 0.3) is 0 Å². The zero-order valence-electron chi connectivity index (χ0n) is 17.4. The van der Waals surface area contributed by atoms with Gasteiger partial charge in [-0.25, -0.2) is 4.58 Å². The number of benzene rings is 1. The topological polar surface area (TPSA) is 18.7 Å². The van der Waals surface area contributed by atoms with Crippen LogP contribution >= 0.6 is 0 Å². The van der Waals surface area contributed by atoms with Crippen LogP contribution in [-0.4, -0.2) is 72.6 Å². The Balaban J connectivity index is 0.00000225. The van der Waals surface area contributed by atoms with Gasteiger partial charge in [-0.05, 0) is 17.4 Å². The lowest BCUT2D eigenvalue weighted by atomic mass is 9.78. The Morgan fingerprint density at radius 1 is 0.964 bits per heavy atom. The second-order valence-electron chi connectivity index (χ2n) is 8.99. The maximum atomic E-state index is 5.55. The van der Waals surface area contributed by atoms with E-state index in [1.807, 2.05) is 0 Å². The molecule has 0 saturated carbocycles. The molecule has 4 rings (SSSR count). The van der Waals surface area contributed by atoms with Gasteiger partial charge in [0, 0.05) is 37.8 Å². The first-order valence-corrected chi connectivity index (χ1v) is 10.5. The Morgan fingerprint density at radius 3 is 2.32 bits per heavy atom. The number of piperazine rings is 1. The Kier molecular flexibility index (Phi) is 7.19. The van der Waals surface area contributed by atoms with E-state index in [2.05, 4.69) is 64.6 Å². The summed E-state index contributed by atoms with van der Waals surface area (Å²) in [4.78, 5) is 5.14. The molecular weight excluding hydrogens is 370 g/mol. The van der Waals surface area contributed by atoms with E-state index in [0.29, 0.717) is 5.41 Å². The summed E-state index contributed by atoms with van der Waals surface area (Å²) in [7, 11) is 0. The molecule has 5 heteroatoms. The normalized spacial score (nSPS) is 23.2. The second-order valence-corrected chi connectivity index (χ2v) is 8.99. The predicted molar refractivity (Wildman–Crippen MR) is 110 cm³/mol. The molecular formula is C23H34ClN3O. The van der Waals surface area contributed by atoms with Gasteiger partial charge < -0.3 is 22.0 Å². The highest BCUT2D eigenvalue weighted by Gasteiger charge is 2.34. The monoisotopic (exact) mass is 403 g/mol. The van der Waals surface area contributed by atoms with Crippen LogP contribution in [0.5, 0.6) is 0 Å². The van der Waals surface area contributed by atoms with Crippen molar-refractivity contribution >= 4 is 5.71 Å². The Morgan fingerprint density at radius 2 is 1.64 bits per heavy atom. The summed E-state index contributed by atoms with van der Waals surface area (Å²) >= 11 is 0.